The van der Waals surface area contributed by atoms with E-state index in [-0.39, 0.29) is 18.4 Å². The Morgan fingerprint density at radius 3 is 2.73 bits per heavy atom. The maximum absolute atomic E-state index is 10.6. The Labute approximate surface area is 89.0 Å². The number of carbonyl (C=O) groups is 1. The second kappa shape index (κ2) is 5.24. The molecule has 2 N–H and O–H groups in total. The van der Waals surface area contributed by atoms with Gasteiger partial charge in [-0.3, -0.25) is 4.79 Å². The Bertz CT molecular complexity index is 338. The molecule has 4 heteroatoms. The lowest BCUT2D eigenvalue weighted by Gasteiger charge is -2.13. The van der Waals surface area contributed by atoms with Crippen LogP contribution in [0, 0.1) is 0 Å². The molecule has 1 aromatic carbocycles. The number of carbonyl (C=O) groups excluding carboxylic acids is 1. The SMILES string of the molecule is COc1cccc(OC(C)CC(N)=O)c1. The summed E-state index contributed by atoms with van der Waals surface area (Å²) in [6.07, 6.45) is -0.0217. The first-order chi connectivity index (χ1) is 7.11. The van der Waals surface area contributed by atoms with Gasteiger partial charge in [-0.15, -0.1) is 0 Å². The number of primary amides is 1. The molecule has 1 amide bonds. The summed E-state index contributed by atoms with van der Waals surface area (Å²) in [6.45, 7) is 1.80. The lowest BCUT2D eigenvalue weighted by Crippen LogP contribution is -2.22. The van der Waals surface area contributed by atoms with Gasteiger partial charge in [-0.05, 0) is 19.1 Å². The second-order valence-corrected chi connectivity index (χ2v) is 3.28. The summed E-state index contributed by atoms with van der Waals surface area (Å²) in [7, 11) is 1.59. The lowest BCUT2D eigenvalue weighted by molar-refractivity contribution is -0.119. The number of benzene rings is 1. The predicted molar refractivity (Wildman–Crippen MR) is 56.9 cm³/mol. The van der Waals surface area contributed by atoms with Gasteiger partial charge in [0.25, 0.3) is 0 Å². The van der Waals surface area contributed by atoms with Gasteiger partial charge in [-0.1, -0.05) is 6.07 Å². The van der Waals surface area contributed by atoms with Crippen molar-refractivity contribution in [3.63, 3.8) is 0 Å². The van der Waals surface area contributed by atoms with Crippen LogP contribution in [-0.4, -0.2) is 19.1 Å². The maximum atomic E-state index is 10.6. The summed E-state index contributed by atoms with van der Waals surface area (Å²) >= 11 is 0. The van der Waals surface area contributed by atoms with Gasteiger partial charge < -0.3 is 15.2 Å². The number of amides is 1. The van der Waals surface area contributed by atoms with Crippen molar-refractivity contribution in [3.05, 3.63) is 24.3 Å². The molecular formula is C11H15NO3. The van der Waals surface area contributed by atoms with Crippen molar-refractivity contribution in [3.8, 4) is 11.5 Å². The number of ether oxygens (including phenoxy) is 2. The standard InChI is InChI=1S/C11H15NO3/c1-8(6-11(12)13)15-10-5-3-4-9(7-10)14-2/h3-5,7-8H,6H2,1-2H3,(H2,12,13). The van der Waals surface area contributed by atoms with Crippen LogP contribution in [0.4, 0.5) is 0 Å². The van der Waals surface area contributed by atoms with E-state index in [2.05, 4.69) is 0 Å². The summed E-state index contributed by atoms with van der Waals surface area (Å²) in [4.78, 5) is 10.6. The van der Waals surface area contributed by atoms with Crippen LogP contribution in [0.15, 0.2) is 24.3 Å². The third-order valence-corrected chi connectivity index (χ3v) is 1.87. The average molecular weight is 209 g/mol. The third-order valence-electron chi connectivity index (χ3n) is 1.87. The highest BCUT2D eigenvalue weighted by Gasteiger charge is 2.07. The van der Waals surface area contributed by atoms with Gasteiger partial charge in [0.05, 0.1) is 13.5 Å². The number of nitrogens with two attached hydrogens (primary N) is 1. The van der Waals surface area contributed by atoms with Crippen molar-refractivity contribution in [1.29, 1.82) is 0 Å². The van der Waals surface area contributed by atoms with Gasteiger partial charge in [0.2, 0.25) is 5.91 Å². The van der Waals surface area contributed by atoms with Gasteiger partial charge in [0, 0.05) is 6.07 Å². The fourth-order valence-electron chi connectivity index (χ4n) is 1.23. The molecule has 4 nitrogen and oxygen atoms in total. The van der Waals surface area contributed by atoms with E-state index in [0.29, 0.717) is 5.75 Å². The first-order valence-corrected chi connectivity index (χ1v) is 4.71. The van der Waals surface area contributed by atoms with Crippen LogP contribution in [0.2, 0.25) is 0 Å². The third kappa shape index (κ3) is 3.89. The van der Waals surface area contributed by atoms with E-state index < -0.39 is 0 Å². The van der Waals surface area contributed by atoms with E-state index in [1.807, 2.05) is 12.1 Å². The minimum atomic E-state index is -0.370. The van der Waals surface area contributed by atoms with Crippen molar-refractivity contribution >= 4 is 5.91 Å². The first-order valence-electron chi connectivity index (χ1n) is 4.71. The van der Waals surface area contributed by atoms with Crippen LogP contribution in [0.5, 0.6) is 11.5 Å². The summed E-state index contributed by atoms with van der Waals surface area (Å²) in [6, 6.07) is 7.22. The Kier molecular flexibility index (Phi) is 3.97. The number of hydrogen-bond donors (Lipinski definition) is 1. The van der Waals surface area contributed by atoms with Crippen LogP contribution in [-0.2, 0) is 4.79 Å². The van der Waals surface area contributed by atoms with E-state index in [1.165, 1.54) is 0 Å². The van der Waals surface area contributed by atoms with Crippen molar-refractivity contribution in [1.82, 2.24) is 0 Å². The molecule has 0 radical (unpaired) electrons. The predicted octanol–water partition coefficient (Wildman–Crippen LogP) is 1.34. The zero-order chi connectivity index (χ0) is 11.3. The molecule has 0 spiro atoms. The van der Waals surface area contributed by atoms with Crippen LogP contribution in [0.25, 0.3) is 0 Å². The summed E-state index contributed by atoms with van der Waals surface area (Å²) in [5.41, 5.74) is 5.06. The summed E-state index contributed by atoms with van der Waals surface area (Å²) < 4.78 is 10.5. The monoisotopic (exact) mass is 209 g/mol. The van der Waals surface area contributed by atoms with Crippen molar-refractivity contribution in [2.75, 3.05) is 7.11 Å². The number of hydrogen-bond acceptors (Lipinski definition) is 3. The molecule has 0 saturated heterocycles. The molecule has 0 bridgehead atoms. The minimum absolute atomic E-state index is 0.206. The average Bonchev–Trinajstić information content (AvgIpc) is 2.16. The second-order valence-electron chi connectivity index (χ2n) is 3.28. The highest BCUT2D eigenvalue weighted by molar-refractivity contribution is 5.74. The van der Waals surface area contributed by atoms with Gasteiger partial charge in [-0.25, -0.2) is 0 Å². The quantitative estimate of drug-likeness (QED) is 0.796. The lowest BCUT2D eigenvalue weighted by atomic mass is 10.2. The van der Waals surface area contributed by atoms with Crippen LogP contribution in [0.1, 0.15) is 13.3 Å². The first kappa shape index (κ1) is 11.4. The number of methoxy groups -OCH3 is 1. The van der Waals surface area contributed by atoms with Gasteiger partial charge in [0.1, 0.15) is 17.6 Å². The highest BCUT2D eigenvalue weighted by atomic mass is 16.5. The fourth-order valence-corrected chi connectivity index (χ4v) is 1.23. The van der Waals surface area contributed by atoms with Gasteiger partial charge >= 0.3 is 0 Å². The normalized spacial score (nSPS) is 11.9. The van der Waals surface area contributed by atoms with E-state index in [1.54, 1.807) is 26.2 Å². The molecule has 0 fully saturated rings. The fraction of sp³-hybridized carbons (Fsp3) is 0.364. The van der Waals surface area contributed by atoms with Crippen molar-refractivity contribution in [2.45, 2.75) is 19.4 Å². The summed E-state index contributed by atoms with van der Waals surface area (Å²) in [5.74, 6) is 1.02. The van der Waals surface area contributed by atoms with E-state index in [0.717, 1.165) is 5.75 Å². The van der Waals surface area contributed by atoms with Crippen molar-refractivity contribution < 1.29 is 14.3 Å². The molecule has 0 aliphatic carbocycles. The zero-order valence-corrected chi connectivity index (χ0v) is 8.90. The van der Waals surface area contributed by atoms with E-state index in [4.69, 9.17) is 15.2 Å². The maximum Gasteiger partial charge on any atom is 0.221 e. The van der Waals surface area contributed by atoms with Gasteiger partial charge in [0.15, 0.2) is 0 Å². The van der Waals surface area contributed by atoms with Crippen LogP contribution < -0.4 is 15.2 Å². The van der Waals surface area contributed by atoms with Gasteiger partial charge in [-0.2, -0.15) is 0 Å². The molecule has 82 valence electrons. The molecule has 0 saturated carbocycles. The van der Waals surface area contributed by atoms with E-state index in [9.17, 15) is 4.79 Å². The topological polar surface area (TPSA) is 61.6 Å². The number of rotatable bonds is 5. The molecule has 1 rings (SSSR count). The molecule has 0 heterocycles. The molecule has 1 aromatic rings. The molecule has 0 aliphatic rings. The molecule has 0 aliphatic heterocycles. The Morgan fingerprint density at radius 1 is 1.47 bits per heavy atom. The zero-order valence-electron chi connectivity index (χ0n) is 8.90. The smallest absolute Gasteiger partial charge is 0.221 e. The van der Waals surface area contributed by atoms with Crippen LogP contribution >= 0.6 is 0 Å². The Morgan fingerprint density at radius 2 is 2.13 bits per heavy atom. The largest absolute Gasteiger partial charge is 0.497 e. The molecule has 0 aromatic heterocycles. The molecule has 15 heavy (non-hydrogen) atoms. The van der Waals surface area contributed by atoms with Crippen molar-refractivity contribution in [2.24, 2.45) is 5.73 Å². The molecule has 1 unspecified atom stereocenters. The molecular weight excluding hydrogens is 194 g/mol. The van der Waals surface area contributed by atoms with E-state index >= 15 is 0 Å². The highest BCUT2D eigenvalue weighted by Crippen LogP contribution is 2.20. The van der Waals surface area contributed by atoms with Crippen LogP contribution in [0.3, 0.4) is 0 Å². The minimum Gasteiger partial charge on any atom is -0.497 e. The Hall–Kier alpha value is -1.71. The summed E-state index contributed by atoms with van der Waals surface area (Å²) in [5, 5.41) is 0. The molecule has 1 atom stereocenters. The Balaban J connectivity index is 2.59.